The zero-order valence-corrected chi connectivity index (χ0v) is 12.8. The first kappa shape index (κ1) is 15.6. The molecule has 0 bridgehead atoms. The van der Waals surface area contributed by atoms with Crippen LogP contribution in [0.4, 0.5) is 5.69 Å². The number of benzene rings is 1. The molecule has 0 unspecified atom stereocenters. The van der Waals surface area contributed by atoms with Crippen molar-refractivity contribution in [2.24, 2.45) is 11.8 Å². The minimum Gasteiger partial charge on any atom is -0.399 e. The maximum absolute atomic E-state index is 11.8. The number of nitrogens with two attached hydrogens (primary N) is 1. The van der Waals surface area contributed by atoms with Gasteiger partial charge in [0.05, 0.1) is 0 Å². The van der Waals surface area contributed by atoms with Gasteiger partial charge in [0.15, 0.2) is 0 Å². The fourth-order valence-corrected chi connectivity index (χ4v) is 2.91. The fraction of sp³-hybridized carbons (Fsp3) is 0.500. The largest absolute Gasteiger partial charge is 0.399 e. The molecule has 0 radical (unpaired) electrons. The summed E-state index contributed by atoms with van der Waals surface area (Å²) in [6, 6.07) is 7.51. The van der Waals surface area contributed by atoms with Gasteiger partial charge in [0.25, 0.3) is 0 Å². The van der Waals surface area contributed by atoms with Gasteiger partial charge in [-0.25, -0.2) is 0 Å². The fourth-order valence-electron chi connectivity index (χ4n) is 2.91. The highest BCUT2D eigenvalue weighted by molar-refractivity contribution is 5.91. The normalized spacial score (nSPS) is 22.3. The first-order chi connectivity index (χ1) is 10.1. The summed E-state index contributed by atoms with van der Waals surface area (Å²) in [6.45, 7) is 3.11. The topological polar surface area (TPSA) is 55.1 Å². The number of hydrogen-bond acceptors (Lipinski definition) is 2. The molecule has 0 spiro atoms. The van der Waals surface area contributed by atoms with Gasteiger partial charge in [0.1, 0.15) is 0 Å². The highest BCUT2D eigenvalue weighted by atomic mass is 16.1. The molecule has 3 N–H and O–H groups in total. The molecule has 1 saturated carbocycles. The van der Waals surface area contributed by atoms with Crippen LogP contribution in [0.2, 0.25) is 0 Å². The molecule has 1 amide bonds. The number of rotatable bonds is 5. The van der Waals surface area contributed by atoms with E-state index in [2.05, 4.69) is 12.2 Å². The lowest BCUT2D eigenvalue weighted by molar-refractivity contribution is -0.116. The van der Waals surface area contributed by atoms with E-state index in [1.807, 2.05) is 24.3 Å². The molecule has 1 fully saturated rings. The van der Waals surface area contributed by atoms with Crippen molar-refractivity contribution >= 4 is 17.7 Å². The molecule has 3 nitrogen and oxygen atoms in total. The van der Waals surface area contributed by atoms with Gasteiger partial charge < -0.3 is 11.1 Å². The maximum Gasteiger partial charge on any atom is 0.243 e. The van der Waals surface area contributed by atoms with E-state index in [9.17, 15) is 4.79 Å². The van der Waals surface area contributed by atoms with Gasteiger partial charge in [0.2, 0.25) is 5.91 Å². The molecular formula is C18H26N2O. The predicted molar refractivity (Wildman–Crippen MR) is 88.6 cm³/mol. The quantitative estimate of drug-likeness (QED) is 0.641. The molecule has 114 valence electrons. The van der Waals surface area contributed by atoms with Crippen molar-refractivity contribution < 1.29 is 4.79 Å². The average Bonchev–Trinajstić information content (AvgIpc) is 2.47. The molecule has 3 heteroatoms. The van der Waals surface area contributed by atoms with Gasteiger partial charge in [-0.05, 0) is 42.0 Å². The Labute approximate surface area is 127 Å². The van der Waals surface area contributed by atoms with Crippen LogP contribution in [-0.4, -0.2) is 12.5 Å². The van der Waals surface area contributed by atoms with Crippen LogP contribution in [0.1, 0.15) is 44.6 Å². The summed E-state index contributed by atoms with van der Waals surface area (Å²) >= 11 is 0. The predicted octanol–water partition coefficient (Wildman–Crippen LogP) is 3.61. The second-order valence-corrected chi connectivity index (χ2v) is 6.21. The number of nitrogens with one attached hydrogen (secondary N) is 1. The van der Waals surface area contributed by atoms with Crippen LogP contribution >= 0.6 is 0 Å². The van der Waals surface area contributed by atoms with Crippen molar-refractivity contribution in [1.29, 1.82) is 0 Å². The molecule has 0 saturated heterocycles. The zero-order chi connectivity index (χ0) is 15.1. The van der Waals surface area contributed by atoms with Crippen molar-refractivity contribution in [2.75, 3.05) is 12.3 Å². The number of carbonyl (C=O) groups excluding carboxylic acids is 1. The molecule has 0 aromatic heterocycles. The Morgan fingerprint density at radius 1 is 1.33 bits per heavy atom. The Bertz CT molecular complexity index is 488. The van der Waals surface area contributed by atoms with Gasteiger partial charge in [-0.15, -0.1) is 0 Å². The lowest BCUT2D eigenvalue weighted by atomic mass is 9.81. The number of anilines is 1. The highest BCUT2D eigenvalue weighted by Gasteiger charge is 2.17. The third-order valence-electron chi connectivity index (χ3n) is 4.33. The van der Waals surface area contributed by atoms with Crippen LogP contribution in [0, 0.1) is 11.8 Å². The van der Waals surface area contributed by atoms with Crippen molar-refractivity contribution in [1.82, 2.24) is 5.32 Å². The summed E-state index contributed by atoms with van der Waals surface area (Å²) in [5.74, 6) is 1.65. The number of carbonyl (C=O) groups is 1. The summed E-state index contributed by atoms with van der Waals surface area (Å²) in [5.41, 5.74) is 7.37. The molecule has 0 heterocycles. The second kappa shape index (κ2) is 7.87. The van der Waals surface area contributed by atoms with Crippen molar-refractivity contribution in [2.45, 2.75) is 39.0 Å². The van der Waals surface area contributed by atoms with Crippen LogP contribution in [0.25, 0.3) is 6.08 Å². The summed E-state index contributed by atoms with van der Waals surface area (Å²) < 4.78 is 0. The lowest BCUT2D eigenvalue weighted by Crippen LogP contribution is -2.25. The monoisotopic (exact) mass is 286 g/mol. The Balaban J connectivity index is 1.68. The zero-order valence-electron chi connectivity index (χ0n) is 12.8. The van der Waals surface area contributed by atoms with E-state index in [-0.39, 0.29) is 5.91 Å². The molecule has 1 aliphatic carbocycles. The van der Waals surface area contributed by atoms with Crippen LogP contribution in [0.15, 0.2) is 30.3 Å². The Hall–Kier alpha value is -1.77. The summed E-state index contributed by atoms with van der Waals surface area (Å²) in [7, 11) is 0. The number of hydrogen-bond donors (Lipinski definition) is 2. The molecule has 1 aromatic carbocycles. The first-order valence-corrected chi connectivity index (χ1v) is 7.95. The third kappa shape index (κ3) is 5.62. The SMILES string of the molecule is CC1CCC(CCNC(=O)/C=C/c2cccc(N)c2)CC1. The van der Waals surface area contributed by atoms with Crippen molar-refractivity contribution in [3.05, 3.63) is 35.9 Å². The second-order valence-electron chi connectivity index (χ2n) is 6.21. The molecule has 21 heavy (non-hydrogen) atoms. The molecule has 2 rings (SSSR count). The molecule has 0 aliphatic heterocycles. The van der Waals surface area contributed by atoms with E-state index < -0.39 is 0 Å². The third-order valence-corrected chi connectivity index (χ3v) is 4.33. The number of amides is 1. The highest BCUT2D eigenvalue weighted by Crippen LogP contribution is 2.29. The Morgan fingerprint density at radius 2 is 2.10 bits per heavy atom. The van der Waals surface area contributed by atoms with E-state index in [1.165, 1.54) is 25.7 Å². The molecule has 1 aliphatic rings. The number of nitrogen functional groups attached to an aromatic ring is 1. The lowest BCUT2D eigenvalue weighted by Gasteiger charge is -2.25. The van der Waals surface area contributed by atoms with Crippen LogP contribution in [-0.2, 0) is 4.79 Å². The van der Waals surface area contributed by atoms with E-state index in [1.54, 1.807) is 12.2 Å². The molecule has 1 aromatic rings. The van der Waals surface area contributed by atoms with Gasteiger partial charge in [-0.2, -0.15) is 0 Å². The van der Waals surface area contributed by atoms with Crippen molar-refractivity contribution in [3.8, 4) is 0 Å². The Morgan fingerprint density at radius 3 is 2.81 bits per heavy atom. The van der Waals surface area contributed by atoms with Gasteiger partial charge in [-0.3, -0.25) is 4.79 Å². The minimum atomic E-state index is -0.0263. The van der Waals surface area contributed by atoms with E-state index in [0.717, 1.165) is 30.4 Å². The van der Waals surface area contributed by atoms with Gasteiger partial charge >= 0.3 is 0 Å². The molecular weight excluding hydrogens is 260 g/mol. The summed E-state index contributed by atoms with van der Waals surface area (Å²) in [5, 5.41) is 2.97. The van der Waals surface area contributed by atoms with Crippen LogP contribution in [0.5, 0.6) is 0 Å². The maximum atomic E-state index is 11.8. The van der Waals surface area contributed by atoms with E-state index >= 15 is 0 Å². The standard InChI is InChI=1S/C18H26N2O/c1-14-5-7-15(8-6-14)11-12-20-18(21)10-9-16-3-2-4-17(19)13-16/h2-4,9-10,13-15H,5-8,11-12,19H2,1H3,(H,20,21)/b10-9+. The van der Waals surface area contributed by atoms with Crippen LogP contribution in [0.3, 0.4) is 0 Å². The first-order valence-electron chi connectivity index (χ1n) is 7.95. The van der Waals surface area contributed by atoms with Gasteiger partial charge in [0, 0.05) is 18.3 Å². The molecule has 0 atom stereocenters. The smallest absolute Gasteiger partial charge is 0.243 e. The van der Waals surface area contributed by atoms with Crippen molar-refractivity contribution in [3.63, 3.8) is 0 Å². The summed E-state index contributed by atoms with van der Waals surface area (Å²) in [6.07, 6.45) is 9.80. The minimum absolute atomic E-state index is 0.0263. The van der Waals surface area contributed by atoms with E-state index in [4.69, 9.17) is 5.73 Å². The van der Waals surface area contributed by atoms with Crippen LogP contribution < -0.4 is 11.1 Å². The Kier molecular flexibility index (Phi) is 5.85. The van der Waals surface area contributed by atoms with E-state index in [0.29, 0.717) is 5.69 Å². The van der Waals surface area contributed by atoms with Gasteiger partial charge in [-0.1, -0.05) is 44.7 Å². The summed E-state index contributed by atoms with van der Waals surface area (Å²) in [4.78, 5) is 11.8. The average molecular weight is 286 g/mol.